The van der Waals surface area contributed by atoms with Crippen molar-refractivity contribution in [1.29, 1.82) is 0 Å². The fourth-order valence-electron chi connectivity index (χ4n) is 2.05. The first-order valence-corrected chi connectivity index (χ1v) is 5.40. The average molecular weight is 233 g/mol. The van der Waals surface area contributed by atoms with Gasteiger partial charge in [-0.25, -0.2) is 14.8 Å². The molecule has 1 N–H and O–H groups in total. The fourth-order valence-corrected chi connectivity index (χ4v) is 2.05. The first kappa shape index (κ1) is 10.2. The van der Waals surface area contributed by atoms with E-state index >= 15 is 0 Å². The minimum Gasteiger partial charge on any atom is -0.476 e. The molecule has 17 heavy (non-hydrogen) atoms. The zero-order valence-electron chi connectivity index (χ0n) is 9.04. The fraction of sp³-hybridized carbons (Fsp3) is 0.364. The van der Waals surface area contributed by atoms with Crippen molar-refractivity contribution >= 4 is 11.6 Å². The summed E-state index contributed by atoms with van der Waals surface area (Å²) in [5.41, 5.74) is 1.25. The number of aromatic carboxylic acids is 1. The van der Waals surface area contributed by atoms with Gasteiger partial charge in [-0.1, -0.05) is 0 Å². The third kappa shape index (κ3) is 1.66. The monoisotopic (exact) mass is 233 g/mol. The van der Waals surface area contributed by atoms with Crippen molar-refractivity contribution < 1.29 is 14.6 Å². The van der Waals surface area contributed by atoms with Gasteiger partial charge in [-0.3, -0.25) is 0 Å². The minimum atomic E-state index is -1.06. The van der Waals surface area contributed by atoms with Crippen molar-refractivity contribution in [3.05, 3.63) is 30.0 Å². The van der Waals surface area contributed by atoms with Crippen molar-refractivity contribution in [1.82, 2.24) is 14.4 Å². The van der Waals surface area contributed by atoms with Crippen molar-refractivity contribution in [2.45, 2.75) is 12.3 Å². The maximum Gasteiger partial charge on any atom is 0.358 e. The molecule has 3 heterocycles. The summed E-state index contributed by atoms with van der Waals surface area (Å²) in [4.78, 5) is 19.2. The number of aromatic nitrogens is 3. The molecule has 0 aliphatic carbocycles. The Morgan fingerprint density at radius 1 is 1.59 bits per heavy atom. The Kier molecular flexibility index (Phi) is 2.29. The minimum absolute atomic E-state index is 0.0161. The van der Waals surface area contributed by atoms with Crippen LogP contribution in [-0.4, -0.2) is 38.7 Å². The van der Waals surface area contributed by atoms with E-state index in [4.69, 9.17) is 9.84 Å². The van der Waals surface area contributed by atoms with Gasteiger partial charge in [-0.15, -0.1) is 0 Å². The van der Waals surface area contributed by atoms with E-state index in [1.165, 1.54) is 6.20 Å². The van der Waals surface area contributed by atoms with E-state index in [-0.39, 0.29) is 11.6 Å². The highest BCUT2D eigenvalue weighted by Crippen LogP contribution is 2.24. The molecule has 0 bridgehead atoms. The highest BCUT2D eigenvalue weighted by molar-refractivity contribution is 5.91. The maximum atomic E-state index is 11.0. The maximum absolute atomic E-state index is 11.0. The highest BCUT2D eigenvalue weighted by Gasteiger charge is 2.22. The van der Waals surface area contributed by atoms with Gasteiger partial charge in [-0.2, -0.15) is 0 Å². The smallest absolute Gasteiger partial charge is 0.358 e. The Balaban J connectivity index is 2.11. The zero-order chi connectivity index (χ0) is 11.8. The molecule has 1 fully saturated rings. The first-order valence-electron chi connectivity index (χ1n) is 5.40. The molecule has 88 valence electrons. The van der Waals surface area contributed by atoms with Crippen LogP contribution >= 0.6 is 0 Å². The lowest BCUT2D eigenvalue weighted by Gasteiger charge is -2.00. The third-order valence-corrected chi connectivity index (χ3v) is 2.94. The number of hydrogen-bond donors (Lipinski definition) is 1. The molecule has 1 unspecified atom stereocenters. The predicted molar refractivity (Wildman–Crippen MR) is 58.1 cm³/mol. The Morgan fingerprint density at radius 2 is 2.47 bits per heavy atom. The molecular weight excluding hydrogens is 222 g/mol. The summed E-state index contributed by atoms with van der Waals surface area (Å²) in [7, 11) is 0. The number of imidazole rings is 1. The van der Waals surface area contributed by atoms with Crippen LogP contribution in [0.15, 0.2) is 18.6 Å². The van der Waals surface area contributed by atoms with E-state index in [0.29, 0.717) is 12.3 Å². The van der Waals surface area contributed by atoms with Crippen LogP contribution in [0.3, 0.4) is 0 Å². The SMILES string of the molecule is O=C(O)c1nccn2cc(C3CCOC3)nc12. The third-order valence-electron chi connectivity index (χ3n) is 2.94. The zero-order valence-corrected chi connectivity index (χ0v) is 9.04. The van der Waals surface area contributed by atoms with Crippen molar-refractivity contribution in [3.8, 4) is 0 Å². The Morgan fingerprint density at radius 3 is 3.18 bits per heavy atom. The molecule has 1 atom stereocenters. The van der Waals surface area contributed by atoms with Gasteiger partial charge >= 0.3 is 5.97 Å². The van der Waals surface area contributed by atoms with Gasteiger partial charge in [-0.05, 0) is 6.42 Å². The van der Waals surface area contributed by atoms with Gasteiger partial charge in [0.15, 0.2) is 11.3 Å². The largest absolute Gasteiger partial charge is 0.476 e. The van der Waals surface area contributed by atoms with E-state index in [0.717, 1.165) is 18.7 Å². The lowest BCUT2D eigenvalue weighted by Crippen LogP contribution is -2.03. The molecule has 0 radical (unpaired) electrons. The van der Waals surface area contributed by atoms with Gasteiger partial charge in [0, 0.05) is 31.1 Å². The number of nitrogens with zero attached hydrogens (tertiary/aromatic N) is 3. The summed E-state index contributed by atoms with van der Waals surface area (Å²) in [5, 5.41) is 9.02. The standard InChI is InChI=1S/C11H11N3O3/c15-11(16)9-10-13-8(7-1-4-17-6-7)5-14(10)3-2-12-9/h2-3,5,7H,1,4,6H2,(H,15,16). The summed E-state index contributed by atoms with van der Waals surface area (Å²) < 4.78 is 7.00. The number of carbonyl (C=O) groups is 1. The van der Waals surface area contributed by atoms with Crippen molar-refractivity contribution in [2.75, 3.05) is 13.2 Å². The number of ether oxygens (including phenoxy) is 1. The molecule has 2 aromatic heterocycles. The van der Waals surface area contributed by atoms with E-state index in [2.05, 4.69) is 9.97 Å². The summed E-state index contributed by atoms with van der Waals surface area (Å²) in [6, 6.07) is 0. The molecule has 2 aromatic rings. The molecule has 6 heteroatoms. The second-order valence-corrected chi connectivity index (χ2v) is 4.04. The van der Waals surface area contributed by atoms with Crippen LogP contribution in [0.25, 0.3) is 5.65 Å². The Labute approximate surface area is 96.9 Å². The summed E-state index contributed by atoms with van der Waals surface area (Å²) in [6.45, 7) is 1.39. The summed E-state index contributed by atoms with van der Waals surface area (Å²) in [6.07, 6.45) is 5.95. The lowest BCUT2D eigenvalue weighted by atomic mass is 10.1. The van der Waals surface area contributed by atoms with Crippen LogP contribution in [0.2, 0.25) is 0 Å². The Bertz CT molecular complexity index is 572. The van der Waals surface area contributed by atoms with Crippen LogP contribution < -0.4 is 0 Å². The number of rotatable bonds is 2. The van der Waals surface area contributed by atoms with E-state index < -0.39 is 5.97 Å². The lowest BCUT2D eigenvalue weighted by molar-refractivity contribution is 0.0692. The van der Waals surface area contributed by atoms with Crippen LogP contribution in [-0.2, 0) is 4.74 Å². The van der Waals surface area contributed by atoms with Crippen LogP contribution in [0.4, 0.5) is 0 Å². The molecular formula is C11H11N3O3. The molecule has 1 saturated heterocycles. The van der Waals surface area contributed by atoms with Gasteiger partial charge in [0.25, 0.3) is 0 Å². The molecule has 0 spiro atoms. The molecule has 3 rings (SSSR count). The van der Waals surface area contributed by atoms with Gasteiger partial charge in [0.2, 0.25) is 0 Å². The molecule has 0 saturated carbocycles. The van der Waals surface area contributed by atoms with Crippen LogP contribution in [0, 0.1) is 0 Å². The van der Waals surface area contributed by atoms with E-state index in [1.807, 2.05) is 6.20 Å². The molecule has 6 nitrogen and oxygen atoms in total. The number of carboxylic acids is 1. The molecule has 1 aliphatic rings. The number of carboxylic acid groups (broad SMARTS) is 1. The second kappa shape index (κ2) is 3.81. The average Bonchev–Trinajstić information content (AvgIpc) is 2.96. The predicted octanol–water partition coefficient (Wildman–Crippen LogP) is 0.931. The molecule has 0 aromatic carbocycles. The highest BCUT2D eigenvalue weighted by atomic mass is 16.5. The van der Waals surface area contributed by atoms with E-state index in [9.17, 15) is 4.79 Å². The summed E-state index contributed by atoms with van der Waals surface area (Å²) in [5.74, 6) is -0.799. The van der Waals surface area contributed by atoms with E-state index in [1.54, 1.807) is 10.6 Å². The van der Waals surface area contributed by atoms with Crippen molar-refractivity contribution in [3.63, 3.8) is 0 Å². The molecule has 0 amide bonds. The van der Waals surface area contributed by atoms with Crippen LogP contribution in [0.5, 0.6) is 0 Å². The normalized spacial score (nSPS) is 19.9. The van der Waals surface area contributed by atoms with Gasteiger partial charge in [0.1, 0.15) is 0 Å². The second-order valence-electron chi connectivity index (χ2n) is 4.04. The quantitative estimate of drug-likeness (QED) is 0.835. The first-order chi connectivity index (χ1) is 8.25. The van der Waals surface area contributed by atoms with Gasteiger partial charge in [0.05, 0.1) is 12.3 Å². The van der Waals surface area contributed by atoms with Gasteiger partial charge < -0.3 is 14.2 Å². The molecule has 1 aliphatic heterocycles. The van der Waals surface area contributed by atoms with Crippen LogP contribution in [0.1, 0.15) is 28.5 Å². The number of hydrogen-bond acceptors (Lipinski definition) is 4. The topological polar surface area (TPSA) is 76.7 Å². The summed E-state index contributed by atoms with van der Waals surface area (Å²) >= 11 is 0. The van der Waals surface area contributed by atoms with Crippen molar-refractivity contribution in [2.24, 2.45) is 0 Å². The number of fused-ring (bicyclic) bond motifs is 1. The Hall–Kier alpha value is -1.95.